The van der Waals surface area contributed by atoms with Crippen LogP contribution < -0.4 is 4.72 Å². The van der Waals surface area contributed by atoms with E-state index < -0.39 is 39.7 Å². The number of halogens is 2. The molecule has 0 bridgehead atoms. The van der Waals surface area contributed by atoms with Gasteiger partial charge in [0.2, 0.25) is 10.0 Å². The molecular formula is C20H30Cl2N2O5S. The third-order valence-electron chi connectivity index (χ3n) is 5.00. The molecule has 0 saturated carbocycles. The molecule has 10 heteroatoms. The molecule has 1 aromatic rings. The standard InChI is InChI=1S/C20H30Cl2N2O5S/c1-12(2)23-30(27,28)11-17-14(13-6-7-15(21)16(22)8-13)9-24(19(25)26)10-18(29-17)20(3,4)5/h6-8,12,14,17-18,23H,9-11H2,1-5H3,(H,25,26)/t14-,17+,18?/m0/s1. The summed E-state index contributed by atoms with van der Waals surface area (Å²) >= 11 is 12.2. The largest absolute Gasteiger partial charge is 0.465 e. The van der Waals surface area contributed by atoms with E-state index in [1.165, 1.54) is 4.90 Å². The van der Waals surface area contributed by atoms with Gasteiger partial charge in [-0.2, -0.15) is 0 Å². The minimum absolute atomic E-state index is 0.0851. The molecule has 7 nitrogen and oxygen atoms in total. The Morgan fingerprint density at radius 3 is 2.40 bits per heavy atom. The van der Waals surface area contributed by atoms with Crippen LogP contribution in [-0.2, 0) is 14.8 Å². The predicted octanol–water partition coefficient (Wildman–Crippen LogP) is 4.20. The third-order valence-corrected chi connectivity index (χ3v) is 7.34. The van der Waals surface area contributed by atoms with Gasteiger partial charge in [0.25, 0.3) is 0 Å². The average Bonchev–Trinajstić information content (AvgIpc) is 2.75. The fourth-order valence-electron chi connectivity index (χ4n) is 3.45. The van der Waals surface area contributed by atoms with Crippen LogP contribution in [0.25, 0.3) is 0 Å². The highest BCUT2D eigenvalue weighted by Crippen LogP contribution is 2.36. The zero-order valence-corrected chi connectivity index (χ0v) is 20.2. The van der Waals surface area contributed by atoms with Crippen molar-refractivity contribution in [1.29, 1.82) is 0 Å². The van der Waals surface area contributed by atoms with Gasteiger partial charge in [0.1, 0.15) is 0 Å². The number of hydrogen-bond acceptors (Lipinski definition) is 4. The van der Waals surface area contributed by atoms with Crippen molar-refractivity contribution in [3.05, 3.63) is 33.8 Å². The summed E-state index contributed by atoms with van der Waals surface area (Å²) in [5.41, 5.74) is 0.281. The number of sulfonamides is 1. The van der Waals surface area contributed by atoms with Crippen molar-refractivity contribution in [2.75, 3.05) is 18.8 Å². The highest BCUT2D eigenvalue weighted by Gasteiger charge is 2.41. The van der Waals surface area contributed by atoms with Gasteiger partial charge in [-0.25, -0.2) is 17.9 Å². The number of nitrogens with one attached hydrogen (secondary N) is 1. The Morgan fingerprint density at radius 2 is 1.90 bits per heavy atom. The molecule has 1 unspecified atom stereocenters. The molecule has 1 amide bonds. The molecule has 1 fully saturated rings. The van der Waals surface area contributed by atoms with E-state index in [1.807, 2.05) is 20.8 Å². The Bertz CT molecular complexity index is 870. The van der Waals surface area contributed by atoms with Gasteiger partial charge in [0.15, 0.2) is 0 Å². The third kappa shape index (κ3) is 6.72. The molecule has 1 aliphatic heterocycles. The number of amides is 1. The van der Waals surface area contributed by atoms with E-state index in [2.05, 4.69) is 4.72 Å². The lowest BCUT2D eigenvalue weighted by atomic mass is 9.88. The first-order chi connectivity index (χ1) is 13.7. The fourth-order valence-corrected chi connectivity index (χ4v) is 5.32. The lowest BCUT2D eigenvalue weighted by Gasteiger charge is -2.34. The van der Waals surface area contributed by atoms with Gasteiger partial charge in [-0.1, -0.05) is 50.0 Å². The fraction of sp³-hybridized carbons (Fsp3) is 0.650. The maximum atomic E-state index is 12.7. The normalized spacial score (nSPS) is 23.5. The van der Waals surface area contributed by atoms with E-state index in [-0.39, 0.29) is 24.9 Å². The van der Waals surface area contributed by atoms with Gasteiger partial charge in [-0.15, -0.1) is 0 Å². The Kier molecular flexibility index (Phi) is 8.07. The number of nitrogens with zero attached hydrogens (tertiary/aromatic N) is 1. The van der Waals surface area contributed by atoms with Crippen LogP contribution in [0.5, 0.6) is 0 Å². The van der Waals surface area contributed by atoms with E-state index in [9.17, 15) is 18.3 Å². The second-order valence-corrected chi connectivity index (χ2v) is 11.7. The van der Waals surface area contributed by atoms with E-state index in [0.29, 0.717) is 15.6 Å². The highest BCUT2D eigenvalue weighted by atomic mass is 35.5. The van der Waals surface area contributed by atoms with Gasteiger partial charge in [0.05, 0.1) is 34.6 Å². The molecule has 1 aromatic carbocycles. The lowest BCUT2D eigenvalue weighted by Crippen LogP contribution is -2.43. The van der Waals surface area contributed by atoms with Crippen LogP contribution in [0, 0.1) is 5.41 Å². The topological polar surface area (TPSA) is 95.9 Å². The van der Waals surface area contributed by atoms with Gasteiger partial charge in [-0.05, 0) is 37.0 Å². The van der Waals surface area contributed by atoms with Crippen LogP contribution >= 0.6 is 23.2 Å². The summed E-state index contributed by atoms with van der Waals surface area (Å²) < 4.78 is 34.3. The van der Waals surface area contributed by atoms with Crippen LogP contribution in [0.2, 0.25) is 10.0 Å². The molecule has 0 aromatic heterocycles. The van der Waals surface area contributed by atoms with Crippen molar-refractivity contribution in [3.63, 3.8) is 0 Å². The molecule has 30 heavy (non-hydrogen) atoms. The maximum Gasteiger partial charge on any atom is 0.407 e. The van der Waals surface area contributed by atoms with Gasteiger partial charge in [-0.3, -0.25) is 0 Å². The number of carbonyl (C=O) groups is 1. The number of ether oxygens (including phenoxy) is 1. The molecule has 1 heterocycles. The number of benzene rings is 1. The average molecular weight is 481 g/mol. The Hall–Kier alpha value is -1.06. The summed E-state index contributed by atoms with van der Waals surface area (Å²) in [6.45, 7) is 9.53. The van der Waals surface area contributed by atoms with Crippen LogP contribution in [0.4, 0.5) is 4.79 Å². The lowest BCUT2D eigenvalue weighted by molar-refractivity contribution is -0.0571. The Balaban J connectivity index is 2.52. The SMILES string of the molecule is CC(C)NS(=O)(=O)C[C@H]1OC(C(C)(C)C)CN(C(=O)O)C[C@H]1c1ccc(Cl)c(Cl)c1. The first-order valence-corrected chi connectivity index (χ1v) is 12.2. The van der Waals surface area contributed by atoms with E-state index in [1.54, 1.807) is 32.0 Å². The van der Waals surface area contributed by atoms with Crippen molar-refractivity contribution < 1.29 is 23.1 Å². The van der Waals surface area contributed by atoms with E-state index in [0.717, 1.165) is 0 Å². The molecule has 2 N–H and O–H groups in total. The Labute approximate surface area is 188 Å². The minimum Gasteiger partial charge on any atom is -0.465 e. The van der Waals surface area contributed by atoms with E-state index >= 15 is 0 Å². The second kappa shape index (κ2) is 9.61. The van der Waals surface area contributed by atoms with Crippen LogP contribution in [0.15, 0.2) is 18.2 Å². The molecular weight excluding hydrogens is 451 g/mol. The first kappa shape index (κ1) is 25.2. The van der Waals surface area contributed by atoms with Crippen LogP contribution in [0.3, 0.4) is 0 Å². The van der Waals surface area contributed by atoms with Gasteiger partial charge in [0, 0.05) is 18.5 Å². The number of carboxylic acid groups (broad SMARTS) is 1. The molecule has 2 rings (SSSR count). The number of hydrogen-bond donors (Lipinski definition) is 2. The van der Waals surface area contributed by atoms with Crippen molar-refractivity contribution in [2.24, 2.45) is 5.41 Å². The predicted molar refractivity (Wildman–Crippen MR) is 119 cm³/mol. The van der Waals surface area contributed by atoms with E-state index in [4.69, 9.17) is 27.9 Å². The molecule has 170 valence electrons. The number of rotatable bonds is 5. The minimum atomic E-state index is -3.66. The van der Waals surface area contributed by atoms with Crippen molar-refractivity contribution in [3.8, 4) is 0 Å². The molecule has 0 radical (unpaired) electrons. The second-order valence-electron chi connectivity index (χ2n) is 9.05. The van der Waals surface area contributed by atoms with Crippen LogP contribution in [-0.4, -0.2) is 61.6 Å². The summed E-state index contributed by atoms with van der Waals surface area (Å²) in [6.07, 6.45) is -2.34. The molecule has 0 aliphatic carbocycles. The Morgan fingerprint density at radius 1 is 1.27 bits per heavy atom. The van der Waals surface area contributed by atoms with Gasteiger partial charge < -0.3 is 14.7 Å². The van der Waals surface area contributed by atoms with Gasteiger partial charge >= 0.3 is 6.09 Å². The van der Waals surface area contributed by atoms with Crippen molar-refractivity contribution in [2.45, 2.75) is 58.8 Å². The highest BCUT2D eigenvalue weighted by molar-refractivity contribution is 7.89. The summed E-state index contributed by atoms with van der Waals surface area (Å²) in [5.74, 6) is -0.831. The molecule has 0 spiro atoms. The first-order valence-electron chi connectivity index (χ1n) is 9.78. The van der Waals surface area contributed by atoms with Crippen LogP contribution in [0.1, 0.15) is 46.1 Å². The van der Waals surface area contributed by atoms with Crippen molar-refractivity contribution >= 4 is 39.3 Å². The zero-order chi connectivity index (χ0) is 22.9. The maximum absolute atomic E-state index is 12.7. The molecule has 3 atom stereocenters. The smallest absolute Gasteiger partial charge is 0.407 e. The quantitative estimate of drug-likeness (QED) is 0.657. The summed E-state index contributed by atoms with van der Waals surface area (Å²) in [7, 11) is -3.66. The zero-order valence-electron chi connectivity index (χ0n) is 17.9. The molecule has 1 aliphatic rings. The molecule has 1 saturated heterocycles. The van der Waals surface area contributed by atoms with Crippen molar-refractivity contribution in [1.82, 2.24) is 9.62 Å². The summed E-state index contributed by atoms with van der Waals surface area (Å²) in [5, 5.41) is 10.4. The monoisotopic (exact) mass is 480 g/mol. The summed E-state index contributed by atoms with van der Waals surface area (Å²) in [6, 6.07) is 4.73. The summed E-state index contributed by atoms with van der Waals surface area (Å²) in [4.78, 5) is 13.2.